The molecule has 0 unspecified atom stereocenters. The topological polar surface area (TPSA) is 423 Å². The Labute approximate surface area is 583 Å². The number of hydrogen-bond acceptors (Lipinski definition) is 16. The Bertz CT molecular complexity index is 3210. The number of carbonyl (C=O) groups is 10. The van der Waals surface area contributed by atoms with Crippen LogP contribution in [0.1, 0.15) is 160 Å². The van der Waals surface area contributed by atoms with Crippen molar-refractivity contribution in [2.75, 3.05) is 38.2 Å². The maximum absolute atomic E-state index is 15.0. The maximum atomic E-state index is 15.0. The molecular weight excluding hydrogens is 1260 g/mol. The van der Waals surface area contributed by atoms with Crippen LogP contribution in [0.25, 0.3) is 10.9 Å². The van der Waals surface area contributed by atoms with Gasteiger partial charge in [0.05, 0.1) is 24.2 Å². The average Bonchev–Trinajstić information content (AvgIpc) is 1.58. The number of primary amides is 1. The average molecular weight is 1380 g/mol. The number of Topliss-reactive ketones (excluding diaryl/α,β-unsaturated/α-hetero) is 5. The Morgan fingerprint density at radius 1 is 0.490 bits per heavy atom. The Hall–Kier alpha value is -7.80. The summed E-state index contributed by atoms with van der Waals surface area (Å²) in [5, 5.41) is 22.9. The summed E-state index contributed by atoms with van der Waals surface area (Å²) in [6.45, 7) is 10.3. The van der Waals surface area contributed by atoms with Gasteiger partial charge in [-0.25, -0.2) is 0 Å². The van der Waals surface area contributed by atoms with E-state index in [0.717, 1.165) is 34.9 Å². The molecule has 3 aromatic carbocycles. The smallest absolute Gasteiger partial charge is 0.224 e. The minimum atomic E-state index is -1.16. The molecule has 24 heteroatoms. The number of nitrogens with two attached hydrogens (primary N) is 6. The number of fused-ring (bicyclic) bond motifs is 1. The molecule has 23 nitrogen and oxygen atoms in total. The number of para-hydroxylation sites is 1. The van der Waals surface area contributed by atoms with Gasteiger partial charge in [-0.3, -0.25) is 52.9 Å². The predicted molar refractivity (Wildman–Crippen MR) is 387 cm³/mol. The first kappa shape index (κ1) is 82.6. The zero-order chi connectivity index (χ0) is 72.3. The summed E-state index contributed by atoms with van der Waals surface area (Å²) in [6, 6.07) is 18.3. The summed E-state index contributed by atoms with van der Waals surface area (Å²) in [6.07, 6.45) is 8.16. The standard InChI is InChI=1S/C74H112N12O11S/c1-46(2)58(73(97)84-61(31-36-98-6)65(90)43-54(39-55-45-82-59-25-11-10-24-57(55)59)71(95)83-60(26-14-17-34-77)64(89)40-51(69(78)93)22-13-16-33-76)44-67(92)68(47(3)4)86-72(96)53(37-50-27-29-56(87)30-28-50)42-66(91)62(38-49-20-8-7-9-21-49)85-70(94)52(23-18-35-81-74(79)80)41-63(88)48(5)19-12-15-32-75/h7-11,20-21,24-25,27-30,45-48,51-54,58,60-62,68,82,87H,12-19,22-23,26,31-44,75-77H2,1-6H3,(H2,78,93)(H,83,95)(H,84,97)(H,85,94)(H,86,96)(H4,79,80,81)/t48-,51+,52+,53+,54+,58-,60-,61-,62-,68-/m0/s1. The number of rotatable bonds is 51. The number of amides is 5. The number of aromatic hydroxyl groups is 1. The minimum Gasteiger partial charge on any atom is -0.508 e. The summed E-state index contributed by atoms with van der Waals surface area (Å²) in [5.74, 6) is -10.6. The maximum Gasteiger partial charge on any atom is 0.224 e. The predicted octanol–water partition coefficient (Wildman–Crippen LogP) is 6.34. The molecular formula is C74H112N12O11S. The molecule has 0 radical (unpaired) electrons. The van der Waals surface area contributed by atoms with Gasteiger partial charge in [-0.1, -0.05) is 108 Å². The van der Waals surface area contributed by atoms with Crippen molar-refractivity contribution in [3.05, 3.63) is 102 Å². The molecule has 4 aromatic rings. The Balaban J connectivity index is 1.64. The second-order valence-electron chi connectivity index (χ2n) is 26.9. The highest BCUT2D eigenvalue weighted by molar-refractivity contribution is 7.98. The van der Waals surface area contributed by atoms with Crippen LogP contribution in [-0.4, -0.2) is 137 Å². The largest absolute Gasteiger partial charge is 0.508 e. The summed E-state index contributed by atoms with van der Waals surface area (Å²) in [5.41, 5.74) is 37.1. The van der Waals surface area contributed by atoms with Gasteiger partial charge in [0.15, 0.2) is 29.1 Å². The molecule has 0 aliphatic rings. The number of phenols is 1. The molecule has 0 aliphatic carbocycles. The summed E-state index contributed by atoms with van der Waals surface area (Å²) >= 11 is 1.46. The molecule has 0 bridgehead atoms. The third-order valence-corrected chi connectivity index (χ3v) is 19.0. The fourth-order valence-electron chi connectivity index (χ4n) is 12.3. The number of H-pyrrole nitrogens is 1. The summed E-state index contributed by atoms with van der Waals surface area (Å²) < 4.78 is 0. The first-order chi connectivity index (χ1) is 46.8. The first-order valence-corrected chi connectivity index (χ1v) is 36.4. The number of ketones is 5. The SMILES string of the molecule is CSCC[C@H](NC(=O)[C@@H](CC(=O)[C@@H](NC(=O)[C@@H](CC(=O)[C@H](Cc1ccccc1)NC(=O)[C@H](CCCN=C(N)N)CC(=O)[C@@H](C)CCCCN)Cc1ccc(O)cc1)C(C)C)C(C)C)C(=O)C[C@@H](Cc1c[nH]c2ccccc12)C(=O)N[C@@H](CCCCN)C(=O)C[C@@H](CCCCN)C(N)=O. The van der Waals surface area contributed by atoms with E-state index in [0.29, 0.717) is 75.9 Å². The third kappa shape index (κ3) is 29.0. The molecule has 4 rings (SSSR count). The van der Waals surface area contributed by atoms with Gasteiger partial charge in [0, 0.05) is 91.3 Å². The van der Waals surface area contributed by atoms with Gasteiger partial charge in [0.1, 0.15) is 11.5 Å². The van der Waals surface area contributed by atoms with Gasteiger partial charge in [-0.2, -0.15) is 11.8 Å². The molecule has 18 N–H and O–H groups in total. The number of hydrogen-bond donors (Lipinski definition) is 12. The molecule has 0 saturated carbocycles. The number of nitrogens with zero attached hydrogens (tertiary/aromatic N) is 1. The van der Waals surface area contributed by atoms with E-state index in [1.54, 1.807) is 58.2 Å². The lowest BCUT2D eigenvalue weighted by Crippen LogP contribution is -2.51. The number of aromatic amines is 1. The Kier molecular flexibility index (Phi) is 37.3. The highest BCUT2D eigenvalue weighted by Crippen LogP contribution is 2.28. The van der Waals surface area contributed by atoms with E-state index in [9.17, 15) is 53.1 Å². The van der Waals surface area contributed by atoms with Gasteiger partial charge in [-0.15, -0.1) is 0 Å². The molecule has 540 valence electrons. The fraction of sp³-hybridized carbons (Fsp3) is 0.581. The molecule has 5 amide bonds. The van der Waals surface area contributed by atoms with E-state index in [-0.39, 0.29) is 99.9 Å². The number of nitrogens with one attached hydrogen (secondary N) is 5. The van der Waals surface area contributed by atoms with Crippen LogP contribution in [0.15, 0.2) is 90.1 Å². The van der Waals surface area contributed by atoms with Crippen LogP contribution in [0.2, 0.25) is 0 Å². The number of benzene rings is 3. The summed E-state index contributed by atoms with van der Waals surface area (Å²) in [7, 11) is 0. The number of phenolic OH excluding ortho intramolecular Hbond substituents is 1. The Morgan fingerprint density at radius 3 is 1.60 bits per heavy atom. The van der Waals surface area contributed by atoms with Gasteiger partial charge < -0.3 is 65.8 Å². The van der Waals surface area contributed by atoms with Crippen LogP contribution < -0.4 is 55.7 Å². The van der Waals surface area contributed by atoms with Crippen LogP contribution in [0.4, 0.5) is 0 Å². The highest BCUT2D eigenvalue weighted by atomic mass is 32.2. The minimum absolute atomic E-state index is 0.0134. The van der Waals surface area contributed by atoms with Crippen molar-refractivity contribution in [2.24, 2.45) is 86.7 Å². The lowest BCUT2D eigenvalue weighted by atomic mass is 9.84. The van der Waals surface area contributed by atoms with E-state index in [2.05, 4.69) is 31.2 Å². The van der Waals surface area contributed by atoms with Crippen molar-refractivity contribution in [2.45, 2.75) is 187 Å². The number of thioether (sulfide) groups is 1. The molecule has 0 saturated heterocycles. The third-order valence-electron chi connectivity index (χ3n) is 18.3. The second kappa shape index (κ2) is 44.3. The lowest BCUT2D eigenvalue weighted by Gasteiger charge is -2.29. The van der Waals surface area contributed by atoms with Crippen LogP contribution >= 0.6 is 11.8 Å². The van der Waals surface area contributed by atoms with E-state index in [1.807, 2.05) is 55.6 Å². The number of carbonyl (C=O) groups excluding carboxylic acids is 10. The van der Waals surface area contributed by atoms with Gasteiger partial charge >= 0.3 is 0 Å². The number of aliphatic imine (C=N–C) groups is 1. The van der Waals surface area contributed by atoms with Crippen LogP contribution in [0.3, 0.4) is 0 Å². The van der Waals surface area contributed by atoms with Crippen molar-refractivity contribution in [3.63, 3.8) is 0 Å². The second-order valence-corrected chi connectivity index (χ2v) is 27.9. The zero-order valence-electron chi connectivity index (χ0n) is 58.5. The highest BCUT2D eigenvalue weighted by Gasteiger charge is 2.38. The molecule has 0 aliphatic heterocycles. The Morgan fingerprint density at radius 2 is 1.00 bits per heavy atom. The zero-order valence-corrected chi connectivity index (χ0v) is 59.4. The lowest BCUT2D eigenvalue weighted by molar-refractivity contribution is -0.137. The number of aromatic nitrogens is 1. The quantitative estimate of drug-likeness (QED) is 0.0130. The van der Waals surface area contributed by atoms with Gasteiger partial charge in [0.25, 0.3) is 0 Å². The summed E-state index contributed by atoms with van der Waals surface area (Å²) in [4.78, 5) is 152. The fourth-order valence-corrected chi connectivity index (χ4v) is 12.7. The van der Waals surface area contributed by atoms with Crippen molar-refractivity contribution in [1.29, 1.82) is 0 Å². The van der Waals surface area contributed by atoms with E-state index in [4.69, 9.17) is 34.4 Å². The van der Waals surface area contributed by atoms with Crippen LogP contribution in [0, 0.1) is 47.3 Å². The molecule has 1 aromatic heterocycles. The number of guanidine groups is 1. The first-order valence-electron chi connectivity index (χ1n) is 35.0. The van der Waals surface area contributed by atoms with Crippen molar-refractivity contribution in [3.8, 4) is 5.75 Å². The van der Waals surface area contributed by atoms with Crippen molar-refractivity contribution in [1.82, 2.24) is 26.3 Å². The molecule has 0 spiro atoms. The normalized spacial score (nSPS) is 14.6. The van der Waals surface area contributed by atoms with Gasteiger partial charge in [-0.05, 0) is 162 Å². The monoisotopic (exact) mass is 1380 g/mol. The number of unbranched alkanes of at least 4 members (excludes halogenated alkanes) is 3. The van der Waals surface area contributed by atoms with Crippen molar-refractivity contribution < 1.29 is 53.1 Å². The van der Waals surface area contributed by atoms with E-state index >= 15 is 0 Å². The van der Waals surface area contributed by atoms with E-state index in [1.165, 1.54) is 23.9 Å². The van der Waals surface area contributed by atoms with Gasteiger partial charge in [0.2, 0.25) is 29.5 Å². The van der Waals surface area contributed by atoms with E-state index < -0.39 is 119 Å². The molecule has 0 fully saturated rings. The molecule has 10 atom stereocenters. The van der Waals surface area contributed by atoms with Crippen LogP contribution in [-0.2, 0) is 67.2 Å². The van der Waals surface area contributed by atoms with Crippen LogP contribution in [0.5, 0.6) is 5.75 Å². The molecule has 98 heavy (non-hydrogen) atoms. The van der Waals surface area contributed by atoms with Crippen molar-refractivity contribution >= 4 is 87.1 Å². The molecule has 1 heterocycles.